The van der Waals surface area contributed by atoms with E-state index in [9.17, 15) is 19.2 Å². The molecule has 10 nitrogen and oxygen atoms in total. The van der Waals surface area contributed by atoms with Crippen molar-refractivity contribution in [2.75, 3.05) is 12.0 Å². The molecule has 10 heteroatoms. The van der Waals surface area contributed by atoms with Gasteiger partial charge >= 0.3 is 11.9 Å². The number of hydrogen-bond acceptors (Lipinski definition) is 6. The third-order valence-electron chi connectivity index (χ3n) is 6.76. The predicted molar refractivity (Wildman–Crippen MR) is 137 cm³/mol. The Bertz CT molecular complexity index is 1380. The van der Waals surface area contributed by atoms with Gasteiger partial charge in [-0.2, -0.15) is 0 Å². The molecule has 2 heterocycles. The van der Waals surface area contributed by atoms with E-state index in [0.29, 0.717) is 5.75 Å². The maximum absolute atomic E-state index is 14.2. The van der Waals surface area contributed by atoms with E-state index >= 15 is 0 Å². The number of urea groups is 1. The molecule has 1 aliphatic heterocycles. The highest BCUT2D eigenvalue weighted by atomic mass is 16.5. The Morgan fingerprint density at radius 2 is 1.62 bits per heavy atom. The van der Waals surface area contributed by atoms with Gasteiger partial charge in [-0.05, 0) is 42.5 Å². The standard InChI is InChI=1S/C27H26N5O5/c1-17(2)27(25(28)35,18-11-13-19(37-3)14-12-18)32(26(29)36)21-9-5-4-8-20(21)31(23(33)16-24(32)34)22-10-6-7-15-30-22/h4-17H,1-3H3,(H3-,28,29,35,36)/p+1. The minimum Gasteiger partial charge on any atom is -0.497 e. The van der Waals surface area contributed by atoms with Gasteiger partial charge in [0.15, 0.2) is 12.1 Å². The minimum atomic E-state index is -2.04. The SMILES string of the molecule is COc1ccc(C(C(N)=O)(C(C)C)[N+]2(C(N)=O)C(=O)[CH]C(=O)N(c3ccccn3)c3ccccc32)cc1. The molecule has 0 aliphatic carbocycles. The molecule has 1 radical (unpaired) electrons. The second-order valence-electron chi connectivity index (χ2n) is 8.86. The quantitative estimate of drug-likeness (QED) is 0.497. The fourth-order valence-corrected chi connectivity index (χ4v) is 5.28. The molecule has 1 aliphatic rings. The van der Waals surface area contributed by atoms with Crippen molar-refractivity contribution in [2.24, 2.45) is 17.4 Å². The van der Waals surface area contributed by atoms with Gasteiger partial charge in [0.25, 0.3) is 11.8 Å². The Morgan fingerprint density at radius 1 is 0.973 bits per heavy atom. The van der Waals surface area contributed by atoms with Crippen molar-refractivity contribution in [3.05, 3.63) is 84.9 Å². The number of fused-ring (bicyclic) bond motifs is 1. The van der Waals surface area contributed by atoms with Crippen LogP contribution >= 0.6 is 0 Å². The third kappa shape index (κ3) is 3.56. The first-order chi connectivity index (χ1) is 17.6. The van der Waals surface area contributed by atoms with Gasteiger partial charge in [-0.25, -0.2) is 14.6 Å². The van der Waals surface area contributed by atoms with Gasteiger partial charge in [-0.15, -0.1) is 4.48 Å². The lowest BCUT2D eigenvalue weighted by atomic mass is 9.74. The number of nitrogens with zero attached hydrogens (tertiary/aromatic N) is 3. The van der Waals surface area contributed by atoms with Gasteiger partial charge in [-0.1, -0.05) is 32.0 Å². The number of primary amides is 2. The monoisotopic (exact) mass is 501 g/mol. The highest BCUT2D eigenvalue weighted by Crippen LogP contribution is 2.51. The summed E-state index contributed by atoms with van der Waals surface area (Å²) in [4.78, 5) is 60.5. The molecule has 5 amide bonds. The number of ether oxygens (including phenoxy) is 1. The molecule has 0 spiro atoms. The summed E-state index contributed by atoms with van der Waals surface area (Å²) in [6.45, 7) is 3.33. The van der Waals surface area contributed by atoms with E-state index in [-0.39, 0.29) is 22.8 Å². The van der Waals surface area contributed by atoms with Crippen molar-refractivity contribution < 1.29 is 23.9 Å². The lowest BCUT2D eigenvalue weighted by Gasteiger charge is -2.47. The van der Waals surface area contributed by atoms with Crippen LogP contribution in [0.1, 0.15) is 19.4 Å². The number of rotatable bonds is 6. The van der Waals surface area contributed by atoms with Crippen molar-refractivity contribution >= 4 is 40.9 Å². The topological polar surface area (TPSA) is 146 Å². The van der Waals surface area contributed by atoms with E-state index in [1.807, 2.05) is 0 Å². The van der Waals surface area contributed by atoms with Gasteiger partial charge in [0.2, 0.25) is 5.54 Å². The van der Waals surface area contributed by atoms with Gasteiger partial charge in [-0.3, -0.25) is 14.5 Å². The van der Waals surface area contributed by atoms with Crippen molar-refractivity contribution in [3.63, 3.8) is 0 Å². The van der Waals surface area contributed by atoms with Crippen molar-refractivity contribution in [1.29, 1.82) is 0 Å². The average Bonchev–Trinajstić information content (AvgIpc) is 2.97. The lowest BCUT2D eigenvalue weighted by molar-refractivity contribution is -0.143. The normalized spacial score (nSPS) is 19.1. The third-order valence-corrected chi connectivity index (χ3v) is 6.76. The fourth-order valence-electron chi connectivity index (χ4n) is 5.28. The van der Waals surface area contributed by atoms with Crippen LogP contribution in [0.5, 0.6) is 5.75 Å². The molecule has 0 saturated carbocycles. The van der Waals surface area contributed by atoms with Crippen molar-refractivity contribution in [1.82, 2.24) is 9.47 Å². The number of benzene rings is 2. The maximum Gasteiger partial charge on any atom is 0.427 e. The smallest absolute Gasteiger partial charge is 0.427 e. The van der Waals surface area contributed by atoms with Crippen LogP contribution in [0.2, 0.25) is 0 Å². The summed E-state index contributed by atoms with van der Waals surface area (Å²) >= 11 is 0. The van der Waals surface area contributed by atoms with Crippen LogP contribution in [0.4, 0.5) is 22.0 Å². The first-order valence-electron chi connectivity index (χ1n) is 11.5. The number of anilines is 2. The molecule has 0 saturated heterocycles. The number of para-hydroxylation sites is 2. The molecule has 0 bridgehead atoms. The van der Waals surface area contributed by atoms with E-state index in [4.69, 9.17) is 16.2 Å². The second kappa shape index (κ2) is 9.47. The van der Waals surface area contributed by atoms with Crippen LogP contribution in [0.15, 0.2) is 72.9 Å². The van der Waals surface area contributed by atoms with Gasteiger partial charge in [0.05, 0.1) is 7.11 Å². The molecule has 2 atom stereocenters. The van der Waals surface area contributed by atoms with Crippen LogP contribution < -0.4 is 25.6 Å². The molecule has 0 fully saturated rings. The zero-order chi connectivity index (χ0) is 27.0. The highest BCUT2D eigenvalue weighted by molar-refractivity contribution is 6.30. The number of carbonyl (C=O) groups is 4. The number of hydrogen-bond donors (Lipinski definition) is 2. The molecule has 189 valence electrons. The van der Waals surface area contributed by atoms with Crippen molar-refractivity contribution in [2.45, 2.75) is 19.4 Å². The number of carbonyl (C=O) groups excluding carboxylic acids is 4. The van der Waals surface area contributed by atoms with E-state index in [0.717, 1.165) is 6.42 Å². The number of nitrogens with two attached hydrogens (primary N) is 2. The molecular weight excluding hydrogens is 474 g/mol. The first kappa shape index (κ1) is 25.5. The average molecular weight is 502 g/mol. The zero-order valence-corrected chi connectivity index (χ0v) is 20.6. The summed E-state index contributed by atoms with van der Waals surface area (Å²) in [5.41, 5.74) is 10.6. The Kier molecular flexibility index (Phi) is 6.53. The van der Waals surface area contributed by atoms with Gasteiger partial charge in [0.1, 0.15) is 17.3 Å². The molecule has 2 aromatic carbocycles. The number of quaternary nitrogens is 1. The van der Waals surface area contributed by atoms with Crippen molar-refractivity contribution in [3.8, 4) is 5.75 Å². The second-order valence-corrected chi connectivity index (χ2v) is 8.86. The molecule has 37 heavy (non-hydrogen) atoms. The summed E-state index contributed by atoms with van der Waals surface area (Å²) in [6.07, 6.45) is 2.26. The van der Waals surface area contributed by atoms with E-state index < -0.39 is 39.7 Å². The molecule has 3 aromatic rings. The number of pyridine rings is 1. The number of methoxy groups -OCH3 is 1. The Morgan fingerprint density at radius 3 is 2.16 bits per heavy atom. The van der Waals surface area contributed by atoms with Crippen LogP contribution in [-0.4, -0.2) is 35.8 Å². The van der Waals surface area contributed by atoms with Gasteiger partial charge < -0.3 is 16.2 Å². The van der Waals surface area contributed by atoms with Crippen LogP contribution in [0, 0.1) is 12.3 Å². The van der Waals surface area contributed by atoms with Crippen LogP contribution in [0.3, 0.4) is 0 Å². The number of amides is 5. The Labute approximate surface area is 214 Å². The number of imide groups is 1. The predicted octanol–water partition coefficient (Wildman–Crippen LogP) is 2.92. The van der Waals surface area contributed by atoms with E-state index in [1.165, 1.54) is 24.3 Å². The maximum atomic E-state index is 14.2. The summed E-state index contributed by atoms with van der Waals surface area (Å²) < 4.78 is 3.89. The largest absolute Gasteiger partial charge is 0.497 e. The molecule has 1 aromatic heterocycles. The summed E-state index contributed by atoms with van der Waals surface area (Å²) in [6, 6.07) is 16.4. The number of aromatic nitrogens is 1. The molecule has 4 N–H and O–H groups in total. The lowest BCUT2D eigenvalue weighted by Crippen LogP contribution is -2.77. The van der Waals surface area contributed by atoms with Gasteiger partial charge in [0, 0.05) is 23.7 Å². The zero-order valence-electron chi connectivity index (χ0n) is 20.6. The molecule has 2 unspecified atom stereocenters. The van der Waals surface area contributed by atoms with Crippen LogP contribution in [0.25, 0.3) is 0 Å². The van der Waals surface area contributed by atoms with E-state index in [2.05, 4.69) is 4.98 Å². The Hall–Kier alpha value is -4.57. The fraction of sp³-hybridized carbons (Fsp3) is 0.185. The van der Waals surface area contributed by atoms with E-state index in [1.54, 1.807) is 74.5 Å². The van der Waals surface area contributed by atoms with Crippen LogP contribution in [-0.2, 0) is 19.9 Å². The molecule has 4 rings (SSSR count). The molecular formula is C27H27N5O5+. The summed E-state index contributed by atoms with van der Waals surface area (Å²) in [7, 11) is 1.48. The first-order valence-corrected chi connectivity index (χ1v) is 11.5. The summed E-state index contributed by atoms with van der Waals surface area (Å²) in [5, 5.41) is 0. The highest BCUT2D eigenvalue weighted by Gasteiger charge is 2.70. The summed E-state index contributed by atoms with van der Waals surface area (Å²) in [5.74, 6) is -2.77. The Balaban J connectivity index is 2.18. The minimum absolute atomic E-state index is 0.0103.